The molecule has 134 valence electrons. The maximum atomic E-state index is 12.5. The Bertz CT molecular complexity index is 879. The number of methoxy groups -OCH3 is 1. The fraction of sp³-hybridized carbons (Fsp3) is 0.235. The number of sulfonamides is 1. The number of carbonyl (C=O) groups excluding carboxylic acids is 1. The Morgan fingerprint density at radius 3 is 2.44 bits per heavy atom. The molecular formula is C17H17ClNO5S-. The first-order valence-corrected chi connectivity index (χ1v) is 9.25. The first-order chi connectivity index (χ1) is 11.7. The highest BCUT2D eigenvalue weighted by Crippen LogP contribution is 2.32. The molecule has 0 aliphatic heterocycles. The molecule has 0 bridgehead atoms. The summed E-state index contributed by atoms with van der Waals surface area (Å²) in [5.41, 5.74) is 1.70. The summed E-state index contributed by atoms with van der Waals surface area (Å²) in [5.74, 6) is -0.840. The van der Waals surface area contributed by atoms with Gasteiger partial charge >= 0.3 is 0 Å². The van der Waals surface area contributed by atoms with Crippen molar-refractivity contribution >= 4 is 33.3 Å². The first-order valence-electron chi connectivity index (χ1n) is 7.38. The fourth-order valence-corrected chi connectivity index (χ4v) is 3.41. The summed E-state index contributed by atoms with van der Waals surface area (Å²) in [7, 11) is -2.40. The van der Waals surface area contributed by atoms with Crippen molar-refractivity contribution in [2.24, 2.45) is 0 Å². The van der Waals surface area contributed by atoms with E-state index in [4.69, 9.17) is 16.3 Å². The van der Waals surface area contributed by atoms with Crippen LogP contribution in [-0.4, -0.2) is 21.5 Å². The molecule has 1 N–H and O–H groups in total. The van der Waals surface area contributed by atoms with Crippen LogP contribution in [0.3, 0.4) is 0 Å². The van der Waals surface area contributed by atoms with Crippen LogP contribution >= 0.6 is 11.6 Å². The topological polar surface area (TPSA) is 95.5 Å². The van der Waals surface area contributed by atoms with E-state index < -0.39 is 16.0 Å². The number of hydrogen-bond donors (Lipinski definition) is 1. The molecule has 0 aliphatic rings. The Balaban J connectivity index is 2.25. The largest absolute Gasteiger partial charge is 0.550 e. The van der Waals surface area contributed by atoms with Crippen molar-refractivity contribution in [3.05, 3.63) is 52.5 Å². The van der Waals surface area contributed by atoms with E-state index in [9.17, 15) is 18.3 Å². The third kappa shape index (κ3) is 4.87. The van der Waals surface area contributed by atoms with E-state index in [1.54, 1.807) is 25.1 Å². The molecule has 6 nitrogen and oxygen atoms in total. The van der Waals surface area contributed by atoms with Gasteiger partial charge in [0.2, 0.25) is 0 Å². The van der Waals surface area contributed by atoms with Gasteiger partial charge in [0, 0.05) is 17.1 Å². The van der Waals surface area contributed by atoms with Gasteiger partial charge in [0.1, 0.15) is 5.75 Å². The number of aryl methyl sites for hydroxylation is 2. The van der Waals surface area contributed by atoms with Gasteiger partial charge in [0.25, 0.3) is 10.0 Å². The number of rotatable bonds is 7. The highest BCUT2D eigenvalue weighted by Gasteiger charge is 2.17. The van der Waals surface area contributed by atoms with Crippen LogP contribution in [0.1, 0.15) is 17.5 Å². The van der Waals surface area contributed by atoms with Gasteiger partial charge in [-0.1, -0.05) is 23.7 Å². The molecular weight excluding hydrogens is 366 g/mol. The Kier molecular flexibility index (Phi) is 5.92. The molecule has 0 heterocycles. The van der Waals surface area contributed by atoms with Crippen molar-refractivity contribution in [1.29, 1.82) is 0 Å². The predicted molar refractivity (Wildman–Crippen MR) is 93.3 cm³/mol. The van der Waals surface area contributed by atoms with Crippen molar-refractivity contribution in [1.82, 2.24) is 0 Å². The number of carboxylic acids is 1. The monoisotopic (exact) mass is 382 g/mol. The smallest absolute Gasteiger partial charge is 0.262 e. The second-order valence-corrected chi connectivity index (χ2v) is 7.51. The number of ether oxygens (including phenoxy) is 1. The number of nitrogens with one attached hydrogen (secondary N) is 1. The van der Waals surface area contributed by atoms with E-state index >= 15 is 0 Å². The molecule has 2 aromatic rings. The van der Waals surface area contributed by atoms with Crippen LogP contribution in [0.25, 0.3) is 0 Å². The third-order valence-electron chi connectivity index (χ3n) is 3.58. The highest BCUT2D eigenvalue weighted by molar-refractivity contribution is 7.92. The van der Waals surface area contributed by atoms with Crippen LogP contribution in [0.15, 0.2) is 41.3 Å². The van der Waals surface area contributed by atoms with Crippen LogP contribution in [0.2, 0.25) is 5.02 Å². The summed E-state index contributed by atoms with van der Waals surface area (Å²) in [6.45, 7) is 1.76. The molecule has 0 spiro atoms. The van der Waals surface area contributed by atoms with Crippen LogP contribution in [0, 0.1) is 6.92 Å². The molecule has 8 heteroatoms. The highest BCUT2D eigenvalue weighted by atomic mass is 35.5. The van der Waals surface area contributed by atoms with Gasteiger partial charge in [-0.15, -0.1) is 0 Å². The summed E-state index contributed by atoms with van der Waals surface area (Å²) < 4.78 is 32.7. The Labute approximate surface area is 151 Å². The van der Waals surface area contributed by atoms with E-state index in [1.165, 1.54) is 25.3 Å². The normalized spacial score (nSPS) is 11.2. The van der Waals surface area contributed by atoms with Crippen molar-refractivity contribution < 1.29 is 23.1 Å². The molecule has 0 atom stereocenters. The second kappa shape index (κ2) is 7.76. The fourth-order valence-electron chi connectivity index (χ4n) is 2.20. The van der Waals surface area contributed by atoms with Crippen molar-refractivity contribution in [3.63, 3.8) is 0 Å². The standard InChI is InChI=1S/C17H18ClNO5S/c1-11-9-15(16(24-2)10-14(11)18)19-25(22,23)13-6-3-12(4-7-13)5-8-17(20)21/h3-4,6-7,9-10,19H,5,8H2,1-2H3,(H,20,21)/p-1. The van der Waals surface area contributed by atoms with Gasteiger partial charge in [0.15, 0.2) is 0 Å². The lowest BCUT2D eigenvalue weighted by atomic mass is 10.1. The zero-order valence-corrected chi connectivity index (χ0v) is 15.3. The van der Waals surface area contributed by atoms with Crippen LogP contribution in [0.4, 0.5) is 5.69 Å². The Hall–Kier alpha value is -2.25. The quantitative estimate of drug-likeness (QED) is 0.791. The Morgan fingerprint density at radius 1 is 1.24 bits per heavy atom. The van der Waals surface area contributed by atoms with E-state index in [0.717, 1.165) is 0 Å². The van der Waals surface area contributed by atoms with Gasteiger partial charge in [-0.25, -0.2) is 8.42 Å². The average molecular weight is 383 g/mol. The summed E-state index contributed by atoms with van der Waals surface area (Å²) >= 11 is 6.02. The van der Waals surface area contributed by atoms with E-state index in [0.29, 0.717) is 21.9 Å². The molecule has 0 fully saturated rings. The maximum Gasteiger partial charge on any atom is 0.262 e. The summed E-state index contributed by atoms with van der Waals surface area (Å²) in [6.07, 6.45) is 0.159. The van der Waals surface area contributed by atoms with Crippen LogP contribution < -0.4 is 14.6 Å². The number of halogens is 1. The Morgan fingerprint density at radius 2 is 1.88 bits per heavy atom. The van der Waals surface area contributed by atoms with Crippen molar-refractivity contribution in [2.75, 3.05) is 11.8 Å². The predicted octanol–water partition coefficient (Wildman–Crippen LogP) is 2.14. The van der Waals surface area contributed by atoms with E-state index in [-0.39, 0.29) is 23.4 Å². The zero-order valence-electron chi connectivity index (χ0n) is 13.7. The number of hydrogen-bond acceptors (Lipinski definition) is 5. The van der Waals surface area contributed by atoms with E-state index in [1.807, 2.05) is 0 Å². The number of carboxylic acid groups (broad SMARTS) is 1. The molecule has 2 rings (SSSR count). The summed E-state index contributed by atoms with van der Waals surface area (Å²) in [5, 5.41) is 10.9. The molecule has 0 amide bonds. The van der Waals surface area contributed by atoms with Crippen LogP contribution in [-0.2, 0) is 21.2 Å². The number of anilines is 1. The molecule has 0 saturated heterocycles. The zero-order chi connectivity index (χ0) is 18.6. The molecule has 25 heavy (non-hydrogen) atoms. The van der Waals surface area contributed by atoms with Gasteiger partial charge in [-0.3, -0.25) is 4.72 Å². The van der Waals surface area contributed by atoms with Gasteiger partial charge in [0.05, 0.1) is 17.7 Å². The molecule has 0 saturated carbocycles. The third-order valence-corrected chi connectivity index (χ3v) is 5.37. The number of benzene rings is 2. The second-order valence-electron chi connectivity index (χ2n) is 5.42. The molecule has 0 radical (unpaired) electrons. The lowest BCUT2D eigenvalue weighted by molar-refractivity contribution is -0.305. The lowest BCUT2D eigenvalue weighted by Crippen LogP contribution is -2.22. The summed E-state index contributed by atoms with van der Waals surface area (Å²) in [4.78, 5) is 10.5. The molecule has 2 aromatic carbocycles. The minimum absolute atomic E-state index is 0.0550. The van der Waals surface area contributed by atoms with Gasteiger partial charge < -0.3 is 14.6 Å². The van der Waals surface area contributed by atoms with Gasteiger partial charge in [-0.2, -0.15) is 0 Å². The molecule has 0 unspecified atom stereocenters. The number of carbonyl (C=O) groups is 1. The minimum Gasteiger partial charge on any atom is -0.550 e. The average Bonchev–Trinajstić information content (AvgIpc) is 2.56. The minimum atomic E-state index is -3.83. The SMILES string of the molecule is COc1cc(Cl)c(C)cc1NS(=O)(=O)c1ccc(CCC(=O)[O-])cc1. The molecule has 0 aromatic heterocycles. The van der Waals surface area contributed by atoms with E-state index in [2.05, 4.69) is 4.72 Å². The first kappa shape index (κ1) is 19.1. The van der Waals surface area contributed by atoms with Gasteiger partial charge in [-0.05, 0) is 49.1 Å². The summed E-state index contributed by atoms with van der Waals surface area (Å²) in [6, 6.07) is 9.11. The lowest BCUT2D eigenvalue weighted by Gasteiger charge is -2.14. The maximum absolute atomic E-state index is 12.5. The van der Waals surface area contributed by atoms with Crippen LogP contribution in [0.5, 0.6) is 5.75 Å². The van der Waals surface area contributed by atoms with Crippen molar-refractivity contribution in [2.45, 2.75) is 24.7 Å². The number of aliphatic carboxylic acids is 1. The molecule has 0 aliphatic carbocycles. The van der Waals surface area contributed by atoms with Crippen molar-refractivity contribution in [3.8, 4) is 5.75 Å².